The highest BCUT2D eigenvalue weighted by molar-refractivity contribution is 5.80. The molecule has 0 N–H and O–H groups in total. The molecule has 0 aromatic rings. The van der Waals surface area contributed by atoms with Gasteiger partial charge >= 0.3 is 0 Å². The summed E-state index contributed by atoms with van der Waals surface area (Å²) in [5.74, 6) is 1.09. The summed E-state index contributed by atoms with van der Waals surface area (Å²) in [4.78, 5) is 10.5. The molecule has 0 aliphatic heterocycles. The van der Waals surface area contributed by atoms with Crippen LogP contribution in [-0.4, -0.2) is 5.78 Å². The number of allylic oxidation sites excluding steroid dienone is 1. The fourth-order valence-electron chi connectivity index (χ4n) is 1.22. The normalized spacial score (nSPS) is 11.9. The predicted molar refractivity (Wildman–Crippen MR) is 103 cm³/mol. The first-order chi connectivity index (χ1) is 9.30. The Balaban J connectivity index is -0.000000247. The smallest absolute Gasteiger partial charge is 0.135 e. The Morgan fingerprint density at radius 3 is 1.05 bits per heavy atom. The number of hydrogen-bond donors (Lipinski definition) is 0. The summed E-state index contributed by atoms with van der Waals surface area (Å²) in [6.07, 6.45) is 1.33. The third kappa shape index (κ3) is 24.4. The average molecular weight is 313 g/mol. The number of hydrogen-bond acceptors (Lipinski definition) is 1. The highest BCUT2D eigenvalue weighted by Crippen LogP contribution is 2.23. The lowest BCUT2D eigenvalue weighted by molar-refractivity contribution is -0.124. The maximum absolute atomic E-state index is 10.5. The van der Waals surface area contributed by atoms with Gasteiger partial charge in [0.2, 0.25) is 0 Å². The zero-order valence-electron chi connectivity index (χ0n) is 17.9. The molecule has 22 heavy (non-hydrogen) atoms. The molecule has 0 bridgehead atoms. The Hall–Kier alpha value is -0.590. The van der Waals surface area contributed by atoms with Crippen molar-refractivity contribution in [2.24, 2.45) is 22.2 Å². The van der Waals surface area contributed by atoms with Gasteiger partial charge in [0.05, 0.1) is 0 Å². The van der Waals surface area contributed by atoms with Crippen LogP contribution in [0.1, 0.15) is 96.4 Å². The standard InChI is InChI=1S/C8H18.C7H14.C6H12O/c1-7(2)6-8(3,4)5;1-6(2)7(3,4)5;1-5(7)6(2,3)4/h7H,6H2,1-5H3;1H2,2-5H3;1-4H3. The molecule has 0 unspecified atom stereocenters. The van der Waals surface area contributed by atoms with E-state index in [9.17, 15) is 4.79 Å². The first-order valence-corrected chi connectivity index (χ1v) is 8.47. The van der Waals surface area contributed by atoms with Crippen molar-refractivity contribution in [3.63, 3.8) is 0 Å². The Bertz CT molecular complexity index is 289. The van der Waals surface area contributed by atoms with Gasteiger partial charge in [0.25, 0.3) is 0 Å². The van der Waals surface area contributed by atoms with Crippen LogP contribution in [0.2, 0.25) is 0 Å². The molecule has 134 valence electrons. The van der Waals surface area contributed by atoms with Crippen molar-refractivity contribution in [2.75, 3.05) is 0 Å². The van der Waals surface area contributed by atoms with E-state index in [0.29, 0.717) is 10.8 Å². The average Bonchev–Trinajstić information content (AvgIpc) is 2.11. The molecule has 0 aromatic carbocycles. The van der Waals surface area contributed by atoms with Crippen LogP contribution in [0.15, 0.2) is 12.2 Å². The molecular formula is C21H44O. The predicted octanol–water partition coefficient (Wildman–Crippen LogP) is 7.31. The van der Waals surface area contributed by atoms with Gasteiger partial charge in [0, 0.05) is 5.41 Å². The van der Waals surface area contributed by atoms with Gasteiger partial charge in [0.1, 0.15) is 5.78 Å². The van der Waals surface area contributed by atoms with E-state index in [1.165, 1.54) is 12.0 Å². The van der Waals surface area contributed by atoms with E-state index < -0.39 is 0 Å². The lowest BCUT2D eigenvalue weighted by Crippen LogP contribution is -2.15. The lowest BCUT2D eigenvalue weighted by atomic mass is 9.86. The zero-order chi connectivity index (χ0) is 18.9. The van der Waals surface area contributed by atoms with E-state index in [2.05, 4.69) is 68.9 Å². The molecule has 1 nitrogen and oxygen atoms in total. The topological polar surface area (TPSA) is 17.1 Å². The Kier molecular flexibility index (Phi) is 12.2. The molecule has 0 radical (unpaired) electrons. The van der Waals surface area contributed by atoms with Crippen LogP contribution in [0.25, 0.3) is 0 Å². The van der Waals surface area contributed by atoms with Gasteiger partial charge in [-0.05, 0) is 37.0 Å². The highest BCUT2D eigenvalue weighted by atomic mass is 16.1. The minimum Gasteiger partial charge on any atom is -0.299 e. The first-order valence-electron chi connectivity index (χ1n) is 8.47. The minimum absolute atomic E-state index is 0.139. The van der Waals surface area contributed by atoms with E-state index >= 15 is 0 Å². The second-order valence-corrected chi connectivity index (χ2v) is 10.00. The molecule has 0 amide bonds. The quantitative estimate of drug-likeness (QED) is 0.464. The maximum atomic E-state index is 10.5. The molecule has 1 heteroatoms. The van der Waals surface area contributed by atoms with E-state index in [0.717, 1.165) is 5.92 Å². The van der Waals surface area contributed by atoms with Gasteiger partial charge in [-0.25, -0.2) is 0 Å². The second-order valence-electron chi connectivity index (χ2n) is 10.00. The number of carbonyl (C=O) groups is 1. The molecular weight excluding hydrogens is 268 g/mol. The zero-order valence-corrected chi connectivity index (χ0v) is 17.9. The maximum Gasteiger partial charge on any atom is 0.135 e. The summed E-state index contributed by atoms with van der Waals surface area (Å²) in [5.41, 5.74) is 1.93. The van der Waals surface area contributed by atoms with Crippen molar-refractivity contribution in [3.8, 4) is 0 Å². The van der Waals surface area contributed by atoms with Crippen molar-refractivity contribution in [2.45, 2.75) is 96.4 Å². The number of rotatable bonds is 1. The third-order valence-corrected chi connectivity index (χ3v) is 3.36. The number of Topliss-reactive ketones (excluding diaryl/α,β-unsaturated/α-hetero) is 1. The van der Waals surface area contributed by atoms with Crippen molar-refractivity contribution in [1.29, 1.82) is 0 Å². The van der Waals surface area contributed by atoms with Crippen LogP contribution in [-0.2, 0) is 4.79 Å². The van der Waals surface area contributed by atoms with Crippen molar-refractivity contribution >= 4 is 5.78 Å². The molecule has 0 saturated carbocycles. The molecule has 0 spiro atoms. The van der Waals surface area contributed by atoms with Crippen LogP contribution >= 0.6 is 0 Å². The van der Waals surface area contributed by atoms with Crippen molar-refractivity contribution in [1.82, 2.24) is 0 Å². The Morgan fingerprint density at radius 2 is 1.05 bits per heavy atom. The number of ketones is 1. The first kappa shape index (κ1) is 26.3. The highest BCUT2D eigenvalue weighted by Gasteiger charge is 2.14. The lowest BCUT2D eigenvalue weighted by Gasteiger charge is -2.19. The van der Waals surface area contributed by atoms with Gasteiger partial charge in [-0.15, -0.1) is 0 Å². The molecule has 0 heterocycles. The fourth-order valence-corrected chi connectivity index (χ4v) is 1.22. The second kappa shape index (κ2) is 10.2. The van der Waals surface area contributed by atoms with Crippen LogP contribution in [0.4, 0.5) is 0 Å². The summed E-state index contributed by atoms with van der Waals surface area (Å²) in [6.45, 7) is 31.1. The summed E-state index contributed by atoms with van der Waals surface area (Å²) >= 11 is 0. The summed E-state index contributed by atoms with van der Waals surface area (Å²) in [7, 11) is 0. The summed E-state index contributed by atoms with van der Waals surface area (Å²) < 4.78 is 0. The van der Waals surface area contributed by atoms with Crippen LogP contribution < -0.4 is 0 Å². The van der Waals surface area contributed by atoms with E-state index in [1.54, 1.807) is 6.92 Å². The molecule has 0 fully saturated rings. The molecule has 0 aliphatic rings. The van der Waals surface area contributed by atoms with Gasteiger partial charge in [-0.1, -0.05) is 88.3 Å². The Labute approximate surface area is 142 Å². The molecule has 0 aromatic heterocycles. The van der Waals surface area contributed by atoms with Crippen LogP contribution in [0.3, 0.4) is 0 Å². The van der Waals surface area contributed by atoms with Crippen molar-refractivity contribution < 1.29 is 4.79 Å². The molecule has 0 aliphatic carbocycles. The third-order valence-electron chi connectivity index (χ3n) is 3.36. The summed E-state index contributed by atoms with van der Waals surface area (Å²) in [6, 6.07) is 0. The number of carbonyl (C=O) groups excluding carboxylic acids is 1. The fraction of sp³-hybridized carbons (Fsp3) is 0.857. The van der Waals surface area contributed by atoms with Gasteiger partial charge < -0.3 is 0 Å². The Morgan fingerprint density at radius 1 is 0.818 bits per heavy atom. The van der Waals surface area contributed by atoms with E-state index in [-0.39, 0.29) is 11.2 Å². The van der Waals surface area contributed by atoms with Crippen LogP contribution in [0, 0.1) is 22.2 Å². The molecule has 0 saturated heterocycles. The molecule has 0 rings (SSSR count). The SMILES string of the molecule is C=C(C)C(C)(C)C.CC(=O)C(C)(C)C.CC(C)CC(C)(C)C. The van der Waals surface area contributed by atoms with Gasteiger partial charge in [-0.2, -0.15) is 0 Å². The van der Waals surface area contributed by atoms with E-state index in [1.807, 2.05) is 20.8 Å². The monoisotopic (exact) mass is 312 g/mol. The largest absolute Gasteiger partial charge is 0.299 e. The van der Waals surface area contributed by atoms with Gasteiger partial charge in [0.15, 0.2) is 0 Å². The van der Waals surface area contributed by atoms with Crippen LogP contribution in [0.5, 0.6) is 0 Å². The summed E-state index contributed by atoms with van der Waals surface area (Å²) in [5, 5.41) is 0. The van der Waals surface area contributed by atoms with Gasteiger partial charge in [-0.3, -0.25) is 4.79 Å². The van der Waals surface area contributed by atoms with E-state index in [4.69, 9.17) is 0 Å². The minimum atomic E-state index is -0.139. The van der Waals surface area contributed by atoms with Crippen molar-refractivity contribution in [3.05, 3.63) is 12.2 Å². The molecule has 0 atom stereocenters.